The molecule has 2 aromatic rings. The second kappa shape index (κ2) is 11.5. The van der Waals surface area contributed by atoms with Crippen molar-refractivity contribution in [1.82, 2.24) is 0 Å². The smallest absolute Gasteiger partial charge is 0.360 e. The minimum Gasteiger partial charge on any atom is -0.464 e. The maximum atomic E-state index is 13.8. The van der Waals surface area contributed by atoms with Crippen molar-refractivity contribution in [3.63, 3.8) is 0 Å². The van der Waals surface area contributed by atoms with Gasteiger partial charge in [-0.05, 0) is 18.2 Å². The highest BCUT2D eigenvalue weighted by atomic mass is 35.5. The Hall–Kier alpha value is -2.68. The van der Waals surface area contributed by atoms with E-state index in [1.54, 1.807) is 24.3 Å². The van der Waals surface area contributed by atoms with Crippen LogP contribution in [0.2, 0.25) is 10.0 Å². The number of carbonyl (C=O) groups is 1. The average Bonchev–Trinajstić information content (AvgIpc) is 2.74. The highest BCUT2D eigenvalue weighted by Crippen LogP contribution is 2.23. The number of halogens is 3. The third-order valence-corrected chi connectivity index (χ3v) is 4.51. The van der Waals surface area contributed by atoms with Gasteiger partial charge in [-0.1, -0.05) is 51.7 Å². The first-order chi connectivity index (χ1) is 14.4. The van der Waals surface area contributed by atoms with E-state index in [1.807, 2.05) is 0 Å². The number of rotatable bonds is 9. The first-order valence-electron chi connectivity index (χ1n) is 8.53. The largest absolute Gasteiger partial charge is 0.464 e. The van der Waals surface area contributed by atoms with Crippen molar-refractivity contribution in [2.75, 3.05) is 27.9 Å². The number of oxime groups is 2. The Morgan fingerprint density at radius 3 is 2.47 bits per heavy atom. The second-order valence-electron chi connectivity index (χ2n) is 5.75. The molecule has 2 rings (SSSR count). The molecule has 30 heavy (non-hydrogen) atoms. The van der Waals surface area contributed by atoms with Crippen LogP contribution in [0.5, 0.6) is 0 Å². The molecule has 2 aromatic carbocycles. The van der Waals surface area contributed by atoms with E-state index in [0.29, 0.717) is 27.4 Å². The summed E-state index contributed by atoms with van der Waals surface area (Å²) in [4.78, 5) is 22.3. The normalized spacial score (nSPS) is 11.9. The van der Waals surface area contributed by atoms with E-state index in [0.717, 1.165) is 0 Å². The lowest BCUT2D eigenvalue weighted by Crippen LogP contribution is -2.19. The molecule has 0 amide bonds. The minimum atomic E-state index is -0.708. The predicted molar refractivity (Wildman–Crippen MR) is 112 cm³/mol. The number of carbonyl (C=O) groups excluding carboxylic acids is 1. The zero-order chi connectivity index (χ0) is 22.1. The minimum absolute atomic E-state index is 0.00934. The van der Waals surface area contributed by atoms with Gasteiger partial charge in [-0.3, -0.25) is 0 Å². The van der Waals surface area contributed by atoms with Gasteiger partial charge < -0.3 is 19.1 Å². The highest BCUT2D eigenvalue weighted by Gasteiger charge is 2.21. The number of methoxy groups -OCH3 is 2. The summed E-state index contributed by atoms with van der Waals surface area (Å²) in [6, 6.07) is 9.12. The quantitative estimate of drug-likeness (QED) is 0.320. The zero-order valence-corrected chi connectivity index (χ0v) is 18.0. The van der Waals surface area contributed by atoms with E-state index in [1.165, 1.54) is 33.5 Å². The van der Waals surface area contributed by atoms with E-state index < -0.39 is 11.8 Å². The molecule has 0 atom stereocenters. The van der Waals surface area contributed by atoms with Crippen LogP contribution in [0.1, 0.15) is 16.7 Å². The molecule has 0 aromatic heterocycles. The standard InChI is InChI=1S/C20H19Cl2FN2O5/c1-27-11-18(12-7-8-16(22)17(23)9-12)24-30-10-14-13(5-4-6-15(14)21)19(25-29-3)20(26)28-2/h4-9H,10-11H2,1-3H3/b24-18+,25-19+. The summed E-state index contributed by atoms with van der Waals surface area (Å²) >= 11 is 12.0. The third-order valence-electron chi connectivity index (χ3n) is 3.85. The van der Waals surface area contributed by atoms with Crippen molar-refractivity contribution in [2.45, 2.75) is 6.61 Å². The molecule has 0 N–H and O–H groups in total. The van der Waals surface area contributed by atoms with Crippen LogP contribution in [0.3, 0.4) is 0 Å². The maximum absolute atomic E-state index is 13.8. The Morgan fingerprint density at radius 1 is 1.07 bits per heavy atom. The molecule has 0 fully saturated rings. The van der Waals surface area contributed by atoms with Crippen LogP contribution in [0.25, 0.3) is 0 Å². The van der Waals surface area contributed by atoms with Gasteiger partial charge in [0.15, 0.2) is 5.71 Å². The molecule has 0 aliphatic carbocycles. The van der Waals surface area contributed by atoms with E-state index in [4.69, 9.17) is 42.4 Å². The van der Waals surface area contributed by atoms with Gasteiger partial charge >= 0.3 is 5.97 Å². The van der Waals surface area contributed by atoms with Gasteiger partial charge in [-0.25, -0.2) is 9.18 Å². The van der Waals surface area contributed by atoms with Crippen LogP contribution in [-0.4, -0.2) is 45.3 Å². The van der Waals surface area contributed by atoms with Crippen LogP contribution in [0.15, 0.2) is 46.7 Å². The Bertz CT molecular complexity index is 966. The molecular weight excluding hydrogens is 438 g/mol. The van der Waals surface area contributed by atoms with E-state index in [-0.39, 0.29) is 23.9 Å². The summed E-state index contributed by atoms with van der Waals surface area (Å²) < 4.78 is 23.6. The molecule has 10 heteroatoms. The fourth-order valence-electron chi connectivity index (χ4n) is 2.46. The molecule has 0 spiro atoms. The molecular formula is C20H19Cl2FN2O5. The fourth-order valence-corrected chi connectivity index (χ4v) is 2.81. The van der Waals surface area contributed by atoms with Crippen molar-refractivity contribution in [2.24, 2.45) is 10.3 Å². The summed E-state index contributed by atoms with van der Waals surface area (Å²) in [5, 5.41) is 8.07. The van der Waals surface area contributed by atoms with Crippen LogP contribution < -0.4 is 0 Å². The lowest BCUT2D eigenvalue weighted by Gasteiger charge is -2.12. The van der Waals surface area contributed by atoms with Crippen molar-refractivity contribution in [1.29, 1.82) is 0 Å². The van der Waals surface area contributed by atoms with E-state index in [9.17, 15) is 9.18 Å². The van der Waals surface area contributed by atoms with Crippen LogP contribution in [-0.2, 0) is 30.6 Å². The number of hydrogen-bond acceptors (Lipinski definition) is 7. The van der Waals surface area contributed by atoms with Crippen molar-refractivity contribution < 1.29 is 28.3 Å². The first-order valence-corrected chi connectivity index (χ1v) is 9.28. The molecule has 0 bridgehead atoms. The van der Waals surface area contributed by atoms with Crippen LogP contribution >= 0.6 is 23.2 Å². The monoisotopic (exact) mass is 456 g/mol. The number of nitrogens with zero attached hydrogens (tertiary/aromatic N) is 2. The topological polar surface area (TPSA) is 78.7 Å². The average molecular weight is 457 g/mol. The molecule has 0 heterocycles. The number of ether oxygens (including phenoxy) is 2. The van der Waals surface area contributed by atoms with Gasteiger partial charge in [0, 0.05) is 28.8 Å². The molecule has 160 valence electrons. The first kappa shape index (κ1) is 23.6. The van der Waals surface area contributed by atoms with Crippen molar-refractivity contribution in [3.8, 4) is 0 Å². The molecule has 0 radical (unpaired) electrons. The zero-order valence-electron chi connectivity index (χ0n) is 16.4. The number of benzene rings is 2. The van der Waals surface area contributed by atoms with Gasteiger partial charge in [0.05, 0.1) is 18.7 Å². The summed E-state index contributed by atoms with van der Waals surface area (Å²) in [7, 11) is 3.99. The number of hydrogen-bond donors (Lipinski definition) is 0. The number of esters is 1. The molecule has 0 unspecified atom stereocenters. The molecule has 7 nitrogen and oxygen atoms in total. The Kier molecular flexibility index (Phi) is 9.04. The van der Waals surface area contributed by atoms with Gasteiger partial charge in [-0.15, -0.1) is 0 Å². The van der Waals surface area contributed by atoms with Crippen molar-refractivity contribution >= 4 is 40.6 Å². The lowest BCUT2D eigenvalue weighted by molar-refractivity contribution is -0.132. The van der Waals surface area contributed by atoms with Crippen LogP contribution in [0.4, 0.5) is 4.39 Å². The van der Waals surface area contributed by atoms with Crippen LogP contribution in [0, 0.1) is 5.82 Å². The lowest BCUT2D eigenvalue weighted by atomic mass is 10.0. The fraction of sp³-hybridized carbons (Fsp3) is 0.250. The highest BCUT2D eigenvalue weighted by molar-refractivity contribution is 6.44. The van der Waals surface area contributed by atoms with Gasteiger partial charge in [-0.2, -0.15) is 0 Å². The summed E-state index contributed by atoms with van der Waals surface area (Å²) in [5.41, 5.74) is 1.48. The second-order valence-corrected chi connectivity index (χ2v) is 6.57. The van der Waals surface area contributed by atoms with E-state index >= 15 is 0 Å². The Morgan fingerprint density at radius 2 is 1.83 bits per heavy atom. The Balaban J connectivity index is 2.34. The third kappa shape index (κ3) is 5.91. The van der Waals surface area contributed by atoms with Gasteiger partial charge in [0.25, 0.3) is 0 Å². The summed E-state index contributed by atoms with van der Waals surface area (Å²) in [5.74, 6) is -1.30. The molecule has 0 aliphatic rings. The molecule has 0 saturated heterocycles. The predicted octanol–water partition coefficient (Wildman–Crippen LogP) is 4.22. The van der Waals surface area contributed by atoms with E-state index in [2.05, 4.69) is 10.3 Å². The summed E-state index contributed by atoms with van der Waals surface area (Å²) in [6.45, 7) is -0.0486. The SMILES string of the molecule is COC/C(=N\OCc1c(Cl)cccc1/C(=N\OC)C(=O)OC)c1ccc(Cl)c(F)c1. The van der Waals surface area contributed by atoms with Gasteiger partial charge in [0.1, 0.15) is 25.2 Å². The maximum Gasteiger partial charge on any atom is 0.360 e. The van der Waals surface area contributed by atoms with Crippen molar-refractivity contribution in [3.05, 3.63) is 69.0 Å². The molecule has 0 aliphatic heterocycles. The van der Waals surface area contributed by atoms with Gasteiger partial charge in [0.2, 0.25) is 0 Å². The summed E-state index contributed by atoms with van der Waals surface area (Å²) in [6.07, 6.45) is 0. The molecule has 0 saturated carbocycles. The Labute approximate surface area is 182 Å².